The highest BCUT2D eigenvalue weighted by Gasteiger charge is 2.18. The largest absolute Gasteiger partial charge is 0.494 e. The first-order valence-electron chi connectivity index (χ1n) is 6.73. The molecule has 0 saturated carbocycles. The number of hydrogen-bond acceptors (Lipinski definition) is 8. The van der Waals surface area contributed by atoms with Crippen LogP contribution in [-0.2, 0) is 0 Å². The van der Waals surface area contributed by atoms with Crippen LogP contribution < -0.4 is 10.1 Å². The van der Waals surface area contributed by atoms with E-state index in [2.05, 4.69) is 10.3 Å². The molecule has 1 N–H and O–H groups in total. The number of benzene rings is 2. The average molecular weight is 365 g/mol. The fraction of sp³-hybridized carbons (Fsp3) is 0.0714. The maximum Gasteiger partial charge on any atom is 0.300 e. The van der Waals surface area contributed by atoms with Gasteiger partial charge >= 0.3 is 0 Å². The minimum atomic E-state index is -0.591. The number of nitro benzene ring substituents is 2. The van der Waals surface area contributed by atoms with Gasteiger partial charge in [-0.3, -0.25) is 20.2 Å². The highest BCUT2D eigenvalue weighted by Crippen LogP contribution is 2.35. The molecule has 0 aliphatic heterocycles. The van der Waals surface area contributed by atoms with Gasteiger partial charge in [-0.2, -0.15) is 4.98 Å². The number of rotatable bonds is 5. The summed E-state index contributed by atoms with van der Waals surface area (Å²) in [4.78, 5) is 24.6. The van der Waals surface area contributed by atoms with Crippen LogP contribution in [0.1, 0.15) is 0 Å². The summed E-state index contributed by atoms with van der Waals surface area (Å²) in [6.07, 6.45) is 0. The van der Waals surface area contributed by atoms with Crippen molar-refractivity contribution in [2.45, 2.75) is 0 Å². The molecular formula is C14H9ClN4O6. The van der Waals surface area contributed by atoms with Gasteiger partial charge < -0.3 is 14.5 Å². The van der Waals surface area contributed by atoms with Gasteiger partial charge in [0.05, 0.1) is 33.7 Å². The number of non-ortho nitro benzene ring substituents is 2. The zero-order valence-electron chi connectivity index (χ0n) is 12.6. The van der Waals surface area contributed by atoms with Crippen LogP contribution >= 0.6 is 11.6 Å². The van der Waals surface area contributed by atoms with Crippen molar-refractivity contribution in [3.05, 3.63) is 55.6 Å². The number of oxazole rings is 1. The summed E-state index contributed by atoms with van der Waals surface area (Å²) in [7, 11) is 1.36. The molecule has 11 heteroatoms. The van der Waals surface area contributed by atoms with Crippen LogP contribution in [0.3, 0.4) is 0 Å². The molecule has 0 atom stereocenters. The molecule has 1 aromatic heterocycles. The monoisotopic (exact) mass is 364 g/mol. The van der Waals surface area contributed by atoms with Crippen LogP contribution in [0.5, 0.6) is 5.75 Å². The topological polar surface area (TPSA) is 134 Å². The third-order valence-electron chi connectivity index (χ3n) is 3.28. The Kier molecular flexibility index (Phi) is 4.11. The number of halogens is 1. The molecule has 1 heterocycles. The average Bonchev–Trinajstić information content (AvgIpc) is 2.98. The van der Waals surface area contributed by atoms with Gasteiger partial charge in [0.15, 0.2) is 5.58 Å². The third-order valence-corrected chi connectivity index (χ3v) is 3.56. The molecule has 10 nitrogen and oxygen atoms in total. The van der Waals surface area contributed by atoms with E-state index in [0.29, 0.717) is 5.69 Å². The first-order valence-corrected chi connectivity index (χ1v) is 7.11. The van der Waals surface area contributed by atoms with E-state index in [1.54, 1.807) is 0 Å². The summed E-state index contributed by atoms with van der Waals surface area (Å²) >= 11 is 5.97. The SMILES string of the molecule is COc1cc([N+](=O)[O-])ccc1Nc1nc2cc([N+](=O)[O-])cc(Cl)c2o1. The Morgan fingerprint density at radius 3 is 2.52 bits per heavy atom. The number of methoxy groups -OCH3 is 1. The lowest BCUT2D eigenvalue weighted by atomic mass is 10.2. The van der Waals surface area contributed by atoms with E-state index < -0.39 is 9.85 Å². The Balaban J connectivity index is 1.99. The van der Waals surface area contributed by atoms with Crippen LogP contribution in [0.25, 0.3) is 11.1 Å². The van der Waals surface area contributed by atoms with Crippen LogP contribution in [0, 0.1) is 20.2 Å². The summed E-state index contributed by atoms with van der Waals surface area (Å²) in [5.74, 6) is 0.202. The van der Waals surface area contributed by atoms with Crippen molar-refractivity contribution < 1.29 is 19.0 Å². The van der Waals surface area contributed by atoms with Crippen molar-refractivity contribution in [3.63, 3.8) is 0 Å². The van der Waals surface area contributed by atoms with Crippen molar-refractivity contribution in [1.29, 1.82) is 0 Å². The third kappa shape index (κ3) is 3.15. The molecule has 0 aliphatic carbocycles. The number of fused-ring (bicyclic) bond motifs is 1. The summed E-state index contributed by atoms with van der Waals surface area (Å²) in [6.45, 7) is 0. The summed E-state index contributed by atoms with van der Waals surface area (Å²) in [5, 5.41) is 24.5. The van der Waals surface area contributed by atoms with E-state index in [4.69, 9.17) is 20.8 Å². The fourth-order valence-electron chi connectivity index (χ4n) is 2.15. The van der Waals surface area contributed by atoms with E-state index in [-0.39, 0.29) is 39.3 Å². The Bertz CT molecular complexity index is 1000. The lowest BCUT2D eigenvalue weighted by Crippen LogP contribution is -1.96. The van der Waals surface area contributed by atoms with Crippen molar-refractivity contribution >= 4 is 45.8 Å². The molecule has 0 amide bonds. The van der Waals surface area contributed by atoms with Gasteiger partial charge in [-0.15, -0.1) is 0 Å². The molecular weight excluding hydrogens is 356 g/mol. The number of aromatic nitrogens is 1. The Hall–Kier alpha value is -3.40. The van der Waals surface area contributed by atoms with Crippen molar-refractivity contribution in [2.24, 2.45) is 0 Å². The summed E-state index contributed by atoms with van der Waals surface area (Å²) in [5.41, 5.74) is 0.382. The number of ether oxygens (including phenoxy) is 1. The number of hydrogen-bond donors (Lipinski definition) is 1. The fourth-order valence-corrected chi connectivity index (χ4v) is 2.40. The minimum absolute atomic E-state index is 0.00421. The van der Waals surface area contributed by atoms with Crippen molar-refractivity contribution in [3.8, 4) is 5.75 Å². The van der Waals surface area contributed by atoms with Crippen molar-refractivity contribution in [2.75, 3.05) is 12.4 Å². The summed E-state index contributed by atoms with van der Waals surface area (Å²) < 4.78 is 10.6. The second-order valence-corrected chi connectivity index (χ2v) is 5.23. The van der Waals surface area contributed by atoms with Gasteiger partial charge in [-0.05, 0) is 6.07 Å². The lowest BCUT2D eigenvalue weighted by Gasteiger charge is -2.07. The van der Waals surface area contributed by atoms with Gasteiger partial charge in [-0.25, -0.2) is 0 Å². The maximum absolute atomic E-state index is 10.9. The quantitative estimate of drug-likeness (QED) is 0.529. The highest BCUT2D eigenvalue weighted by molar-refractivity contribution is 6.35. The number of nitro groups is 2. The molecule has 0 unspecified atom stereocenters. The van der Waals surface area contributed by atoms with Crippen LogP contribution in [-0.4, -0.2) is 21.9 Å². The van der Waals surface area contributed by atoms with Gasteiger partial charge in [0.2, 0.25) is 0 Å². The molecule has 2 aromatic carbocycles. The standard InChI is InChI=1S/C14H9ClN4O6/c1-24-12-6-7(18(20)21)2-3-10(12)16-14-17-11-5-8(19(22)23)4-9(15)13(11)25-14/h2-6H,1H3,(H,16,17). The zero-order chi connectivity index (χ0) is 18.1. The molecule has 0 fully saturated rings. The maximum atomic E-state index is 10.9. The molecule has 25 heavy (non-hydrogen) atoms. The smallest absolute Gasteiger partial charge is 0.300 e. The van der Waals surface area contributed by atoms with E-state index >= 15 is 0 Å². The van der Waals surface area contributed by atoms with Gasteiger partial charge in [0.1, 0.15) is 11.3 Å². The van der Waals surface area contributed by atoms with Crippen LogP contribution in [0.4, 0.5) is 23.1 Å². The predicted octanol–water partition coefficient (Wildman–Crippen LogP) is 4.05. The van der Waals surface area contributed by atoms with E-state index in [0.717, 1.165) is 6.07 Å². The lowest BCUT2D eigenvalue weighted by molar-refractivity contribution is -0.385. The highest BCUT2D eigenvalue weighted by atomic mass is 35.5. The van der Waals surface area contributed by atoms with E-state index in [9.17, 15) is 20.2 Å². The van der Waals surface area contributed by atoms with Gasteiger partial charge in [-0.1, -0.05) is 11.6 Å². The predicted molar refractivity (Wildman–Crippen MR) is 88.6 cm³/mol. The Morgan fingerprint density at radius 2 is 1.88 bits per heavy atom. The molecule has 0 spiro atoms. The van der Waals surface area contributed by atoms with Crippen molar-refractivity contribution in [1.82, 2.24) is 4.98 Å². The number of nitrogens with one attached hydrogen (secondary N) is 1. The van der Waals surface area contributed by atoms with E-state index in [1.165, 1.54) is 31.4 Å². The van der Waals surface area contributed by atoms with Crippen LogP contribution in [0.15, 0.2) is 34.7 Å². The second kappa shape index (κ2) is 6.24. The summed E-state index contributed by atoms with van der Waals surface area (Å²) in [6, 6.07) is 6.34. The van der Waals surface area contributed by atoms with Gasteiger partial charge in [0.25, 0.3) is 17.4 Å². The molecule has 0 bridgehead atoms. The number of anilines is 2. The Labute approximate surface area is 144 Å². The van der Waals surface area contributed by atoms with E-state index in [1.807, 2.05) is 0 Å². The molecule has 0 saturated heterocycles. The first-order chi connectivity index (χ1) is 11.9. The van der Waals surface area contributed by atoms with Gasteiger partial charge in [0, 0.05) is 18.2 Å². The minimum Gasteiger partial charge on any atom is -0.494 e. The molecule has 0 aliphatic rings. The second-order valence-electron chi connectivity index (χ2n) is 4.82. The Morgan fingerprint density at radius 1 is 1.16 bits per heavy atom. The normalized spacial score (nSPS) is 10.6. The number of nitrogens with zero attached hydrogens (tertiary/aromatic N) is 3. The molecule has 3 aromatic rings. The van der Waals surface area contributed by atoms with Crippen LogP contribution in [0.2, 0.25) is 5.02 Å². The molecule has 3 rings (SSSR count). The molecule has 128 valence electrons. The molecule has 0 radical (unpaired) electrons. The zero-order valence-corrected chi connectivity index (χ0v) is 13.3. The first kappa shape index (κ1) is 16.5.